The van der Waals surface area contributed by atoms with E-state index in [1.807, 2.05) is 0 Å². The summed E-state index contributed by atoms with van der Waals surface area (Å²) in [6, 6.07) is 0. The Balaban J connectivity index is 2.47. The van der Waals surface area contributed by atoms with Crippen LogP contribution in [0.15, 0.2) is 12.4 Å². The highest BCUT2D eigenvalue weighted by Gasteiger charge is 2.22. The van der Waals surface area contributed by atoms with Crippen LogP contribution in [-0.2, 0) is 13.6 Å². The molecule has 0 amide bonds. The number of carboxylic acid groups (broad SMARTS) is 1. The smallest absolute Gasteiger partial charge is 0.358 e. The zero-order valence-electron chi connectivity index (χ0n) is 11.2. The zero-order valence-corrected chi connectivity index (χ0v) is 11.2. The van der Waals surface area contributed by atoms with Crippen molar-refractivity contribution in [3.8, 4) is 11.3 Å². The van der Waals surface area contributed by atoms with Crippen LogP contribution in [0, 0.1) is 5.92 Å². The lowest BCUT2D eigenvalue weighted by Gasteiger charge is -2.10. The monoisotopic (exact) mass is 263 g/mol. The largest absolute Gasteiger partial charge is 0.476 e. The quantitative estimate of drug-likeness (QED) is 0.881. The molecule has 19 heavy (non-hydrogen) atoms. The van der Waals surface area contributed by atoms with E-state index in [1.165, 1.54) is 0 Å². The molecule has 0 aliphatic carbocycles. The number of nitrogens with zero attached hydrogens (tertiary/aromatic N) is 5. The molecule has 0 aliphatic heterocycles. The molecule has 0 aliphatic rings. The minimum atomic E-state index is -1.07. The molecule has 0 radical (unpaired) electrons. The summed E-state index contributed by atoms with van der Waals surface area (Å²) in [5.74, 6) is -0.673. The van der Waals surface area contributed by atoms with Crippen molar-refractivity contribution < 1.29 is 9.90 Å². The highest BCUT2D eigenvalue weighted by atomic mass is 16.4. The van der Waals surface area contributed by atoms with Crippen molar-refractivity contribution in [2.75, 3.05) is 0 Å². The first kappa shape index (κ1) is 13.3. The molecule has 0 saturated carbocycles. The fraction of sp³-hybridized carbons (Fsp3) is 0.500. The number of carbonyl (C=O) groups is 1. The molecule has 0 saturated heterocycles. The van der Waals surface area contributed by atoms with Crippen LogP contribution < -0.4 is 0 Å². The summed E-state index contributed by atoms with van der Waals surface area (Å²) >= 11 is 0. The van der Waals surface area contributed by atoms with Crippen molar-refractivity contribution in [2.45, 2.75) is 26.8 Å². The Morgan fingerprint density at radius 1 is 1.53 bits per heavy atom. The molecule has 0 fully saturated rings. The second-order valence-electron chi connectivity index (χ2n) is 4.69. The van der Waals surface area contributed by atoms with Gasteiger partial charge in [0, 0.05) is 25.4 Å². The zero-order chi connectivity index (χ0) is 14.0. The van der Waals surface area contributed by atoms with Crippen molar-refractivity contribution in [3.05, 3.63) is 18.1 Å². The van der Waals surface area contributed by atoms with Gasteiger partial charge in [0.15, 0.2) is 5.69 Å². The molecule has 0 spiro atoms. The molecule has 102 valence electrons. The van der Waals surface area contributed by atoms with Crippen LogP contribution in [0.2, 0.25) is 0 Å². The highest BCUT2D eigenvalue weighted by Crippen LogP contribution is 2.23. The lowest BCUT2D eigenvalue weighted by Crippen LogP contribution is -2.10. The van der Waals surface area contributed by atoms with Gasteiger partial charge in [-0.15, -0.1) is 5.10 Å². The molecule has 1 N–H and O–H groups in total. The van der Waals surface area contributed by atoms with E-state index in [4.69, 9.17) is 0 Å². The number of aryl methyl sites for hydroxylation is 1. The summed E-state index contributed by atoms with van der Waals surface area (Å²) in [4.78, 5) is 11.2. The number of aromatic nitrogens is 5. The Morgan fingerprint density at radius 3 is 2.79 bits per heavy atom. The first-order chi connectivity index (χ1) is 9.02. The molecule has 7 heteroatoms. The average molecular weight is 263 g/mol. The van der Waals surface area contributed by atoms with Crippen LogP contribution in [0.25, 0.3) is 11.3 Å². The number of rotatable bonds is 5. The van der Waals surface area contributed by atoms with Gasteiger partial charge in [-0.3, -0.25) is 4.68 Å². The van der Waals surface area contributed by atoms with Gasteiger partial charge in [-0.1, -0.05) is 25.5 Å². The molecule has 2 aromatic rings. The van der Waals surface area contributed by atoms with Crippen molar-refractivity contribution in [1.82, 2.24) is 24.8 Å². The minimum Gasteiger partial charge on any atom is -0.476 e. The molecule has 7 nitrogen and oxygen atoms in total. The van der Waals surface area contributed by atoms with Gasteiger partial charge in [0.05, 0.1) is 6.20 Å². The normalized spacial score (nSPS) is 12.6. The van der Waals surface area contributed by atoms with Crippen LogP contribution in [0.1, 0.15) is 30.8 Å². The maximum absolute atomic E-state index is 11.2. The van der Waals surface area contributed by atoms with E-state index >= 15 is 0 Å². The molecule has 2 heterocycles. The fourth-order valence-corrected chi connectivity index (χ4v) is 1.84. The Hall–Kier alpha value is -2.18. The molecular formula is C12H17N5O2. The molecule has 1 atom stereocenters. The summed E-state index contributed by atoms with van der Waals surface area (Å²) in [6.07, 6.45) is 4.38. The van der Waals surface area contributed by atoms with Gasteiger partial charge >= 0.3 is 5.97 Å². The van der Waals surface area contributed by atoms with E-state index in [2.05, 4.69) is 29.3 Å². The van der Waals surface area contributed by atoms with Crippen LogP contribution in [-0.4, -0.2) is 35.9 Å². The Labute approximate surface area is 110 Å². The van der Waals surface area contributed by atoms with E-state index in [9.17, 15) is 9.90 Å². The van der Waals surface area contributed by atoms with Gasteiger partial charge in [-0.05, 0) is 5.92 Å². The molecule has 1 unspecified atom stereocenters. The first-order valence-electron chi connectivity index (χ1n) is 6.18. The lowest BCUT2D eigenvalue weighted by molar-refractivity contribution is 0.0691. The fourth-order valence-electron chi connectivity index (χ4n) is 1.84. The van der Waals surface area contributed by atoms with Crippen LogP contribution >= 0.6 is 0 Å². The minimum absolute atomic E-state index is 0.0312. The molecule has 0 aromatic carbocycles. The Morgan fingerprint density at radius 2 is 2.26 bits per heavy atom. The third-order valence-corrected chi connectivity index (χ3v) is 3.10. The summed E-state index contributed by atoms with van der Waals surface area (Å²) in [5, 5.41) is 21.0. The van der Waals surface area contributed by atoms with E-state index in [0.29, 0.717) is 23.7 Å². The lowest BCUT2D eigenvalue weighted by atomic mass is 10.1. The van der Waals surface area contributed by atoms with E-state index in [-0.39, 0.29) is 5.69 Å². The summed E-state index contributed by atoms with van der Waals surface area (Å²) in [7, 11) is 1.78. The first-order valence-corrected chi connectivity index (χ1v) is 6.18. The predicted molar refractivity (Wildman–Crippen MR) is 68.6 cm³/mol. The van der Waals surface area contributed by atoms with Crippen molar-refractivity contribution >= 4 is 5.97 Å². The third kappa shape index (κ3) is 2.64. The van der Waals surface area contributed by atoms with E-state index in [0.717, 1.165) is 6.42 Å². The number of hydrogen-bond acceptors (Lipinski definition) is 4. The number of aromatic carboxylic acids is 1. The second-order valence-corrected chi connectivity index (χ2v) is 4.69. The number of carboxylic acids is 1. The Bertz CT molecular complexity index is 587. The maximum Gasteiger partial charge on any atom is 0.358 e. The molecule has 2 aromatic heterocycles. The van der Waals surface area contributed by atoms with Crippen molar-refractivity contribution in [3.63, 3.8) is 0 Å². The molecular weight excluding hydrogens is 246 g/mol. The summed E-state index contributed by atoms with van der Waals surface area (Å²) in [6.45, 7) is 4.82. The molecule has 0 bridgehead atoms. The summed E-state index contributed by atoms with van der Waals surface area (Å²) < 4.78 is 3.27. The molecule has 2 rings (SSSR count). The van der Waals surface area contributed by atoms with Crippen LogP contribution in [0.4, 0.5) is 0 Å². The number of hydrogen-bond donors (Lipinski definition) is 1. The topological polar surface area (TPSA) is 85.8 Å². The van der Waals surface area contributed by atoms with E-state index in [1.54, 1.807) is 28.8 Å². The van der Waals surface area contributed by atoms with Gasteiger partial charge in [-0.25, -0.2) is 9.48 Å². The third-order valence-electron chi connectivity index (χ3n) is 3.10. The van der Waals surface area contributed by atoms with Crippen molar-refractivity contribution in [1.29, 1.82) is 0 Å². The van der Waals surface area contributed by atoms with Gasteiger partial charge in [0.25, 0.3) is 0 Å². The van der Waals surface area contributed by atoms with Gasteiger partial charge in [-0.2, -0.15) is 5.10 Å². The average Bonchev–Trinajstić information content (AvgIpc) is 2.95. The highest BCUT2D eigenvalue weighted by molar-refractivity contribution is 5.92. The van der Waals surface area contributed by atoms with Gasteiger partial charge in [0.2, 0.25) is 0 Å². The van der Waals surface area contributed by atoms with Crippen molar-refractivity contribution in [2.24, 2.45) is 13.0 Å². The van der Waals surface area contributed by atoms with E-state index < -0.39 is 5.97 Å². The van der Waals surface area contributed by atoms with Crippen LogP contribution in [0.3, 0.4) is 0 Å². The predicted octanol–water partition coefficient (Wildman–Crippen LogP) is 1.42. The standard InChI is InChI=1S/C12H17N5O2/c1-4-8(2)6-17-11(9-5-13-16(3)7-9)10(12(18)19)14-15-17/h5,7-8H,4,6H2,1-3H3,(H,18,19). The Kier molecular flexibility index (Phi) is 3.64. The van der Waals surface area contributed by atoms with Gasteiger partial charge < -0.3 is 5.11 Å². The van der Waals surface area contributed by atoms with Gasteiger partial charge in [0.1, 0.15) is 5.69 Å². The van der Waals surface area contributed by atoms with Crippen LogP contribution in [0.5, 0.6) is 0 Å². The second kappa shape index (κ2) is 5.21. The SMILES string of the molecule is CCC(C)Cn1nnc(C(=O)O)c1-c1cnn(C)c1. The maximum atomic E-state index is 11.2. The summed E-state index contributed by atoms with van der Waals surface area (Å²) in [5.41, 5.74) is 1.20.